The average molecular weight is 295 g/mol. The van der Waals surface area contributed by atoms with Gasteiger partial charge in [-0.1, -0.05) is 12.1 Å². The molecule has 108 valence electrons. The molecule has 0 spiro atoms. The molecule has 0 amide bonds. The van der Waals surface area contributed by atoms with E-state index in [1.165, 1.54) is 0 Å². The minimum absolute atomic E-state index is 0. The van der Waals surface area contributed by atoms with E-state index in [1.54, 1.807) is 0 Å². The molecule has 1 aliphatic heterocycles. The van der Waals surface area contributed by atoms with Crippen LogP contribution in [0, 0.1) is 0 Å². The highest BCUT2D eigenvalue weighted by atomic mass is 35.5. The van der Waals surface area contributed by atoms with Crippen molar-refractivity contribution in [2.75, 3.05) is 24.6 Å². The van der Waals surface area contributed by atoms with Crippen LogP contribution in [0.4, 0.5) is 5.82 Å². The number of anilines is 1. The second kappa shape index (κ2) is 6.24. The van der Waals surface area contributed by atoms with Crippen molar-refractivity contribution in [1.29, 1.82) is 0 Å². The van der Waals surface area contributed by atoms with Gasteiger partial charge in [-0.2, -0.15) is 0 Å². The van der Waals surface area contributed by atoms with Crippen LogP contribution in [0.5, 0.6) is 5.88 Å². The lowest BCUT2D eigenvalue weighted by Gasteiger charge is -2.19. The molecule has 0 bridgehead atoms. The Balaban J connectivity index is 0.00000147. The number of aromatic nitrogens is 2. The molecule has 1 fully saturated rings. The second-order valence-electron chi connectivity index (χ2n) is 4.77. The maximum Gasteiger partial charge on any atom is 0.258 e. The first-order chi connectivity index (χ1) is 9.28. The van der Waals surface area contributed by atoms with Crippen molar-refractivity contribution < 1.29 is 4.74 Å². The van der Waals surface area contributed by atoms with Crippen LogP contribution < -0.4 is 15.4 Å². The molecular formula is C14H19ClN4O. The first kappa shape index (κ1) is 14.8. The number of halogens is 1. The predicted octanol–water partition coefficient (Wildman–Crippen LogP) is 1.99. The van der Waals surface area contributed by atoms with Crippen molar-refractivity contribution >= 4 is 29.3 Å². The SMILES string of the molecule is CCOc1nc2ccccc2nc1N1CCC(N)C1.Cl. The van der Waals surface area contributed by atoms with Crippen LogP contribution in [0.25, 0.3) is 11.0 Å². The molecule has 5 nitrogen and oxygen atoms in total. The second-order valence-corrected chi connectivity index (χ2v) is 4.77. The van der Waals surface area contributed by atoms with Crippen LogP contribution in [0.3, 0.4) is 0 Å². The maximum atomic E-state index is 5.97. The number of para-hydroxylation sites is 2. The first-order valence-electron chi connectivity index (χ1n) is 6.68. The summed E-state index contributed by atoms with van der Waals surface area (Å²) in [5, 5.41) is 0. The van der Waals surface area contributed by atoms with Gasteiger partial charge in [0.25, 0.3) is 5.88 Å². The van der Waals surface area contributed by atoms with Crippen molar-refractivity contribution in [3.05, 3.63) is 24.3 Å². The van der Waals surface area contributed by atoms with Crippen molar-refractivity contribution in [2.24, 2.45) is 5.73 Å². The fraction of sp³-hybridized carbons (Fsp3) is 0.429. The van der Waals surface area contributed by atoms with Gasteiger partial charge in [-0.25, -0.2) is 9.97 Å². The molecule has 2 N–H and O–H groups in total. The molecule has 3 rings (SSSR count). The van der Waals surface area contributed by atoms with E-state index in [0.29, 0.717) is 12.5 Å². The van der Waals surface area contributed by atoms with Gasteiger partial charge in [-0.3, -0.25) is 0 Å². The summed E-state index contributed by atoms with van der Waals surface area (Å²) in [6.07, 6.45) is 0.986. The van der Waals surface area contributed by atoms with Crippen LogP contribution in [-0.4, -0.2) is 35.7 Å². The first-order valence-corrected chi connectivity index (χ1v) is 6.68. The zero-order valence-electron chi connectivity index (χ0n) is 11.5. The summed E-state index contributed by atoms with van der Waals surface area (Å²) >= 11 is 0. The van der Waals surface area contributed by atoms with Gasteiger partial charge >= 0.3 is 0 Å². The van der Waals surface area contributed by atoms with E-state index in [9.17, 15) is 0 Å². The van der Waals surface area contributed by atoms with Crippen molar-refractivity contribution in [3.8, 4) is 5.88 Å². The fourth-order valence-corrected chi connectivity index (χ4v) is 2.39. The maximum absolute atomic E-state index is 5.97. The molecule has 1 atom stereocenters. The molecule has 0 saturated carbocycles. The molecule has 1 unspecified atom stereocenters. The fourth-order valence-electron chi connectivity index (χ4n) is 2.39. The normalized spacial score (nSPS) is 18.1. The lowest BCUT2D eigenvalue weighted by molar-refractivity contribution is 0.327. The molecule has 0 radical (unpaired) electrons. The van der Waals surface area contributed by atoms with Crippen LogP contribution in [-0.2, 0) is 0 Å². The van der Waals surface area contributed by atoms with E-state index in [0.717, 1.165) is 36.4 Å². The van der Waals surface area contributed by atoms with E-state index in [2.05, 4.69) is 9.88 Å². The Morgan fingerprint density at radius 3 is 2.60 bits per heavy atom. The highest BCUT2D eigenvalue weighted by Gasteiger charge is 2.24. The third-order valence-electron chi connectivity index (χ3n) is 3.33. The Hall–Kier alpha value is -1.59. The Morgan fingerprint density at radius 1 is 1.30 bits per heavy atom. The van der Waals surface area contributed by atoms with Gasteiger partial charge in [0.1, 0.15) is 0 Å². The Bertz CT molecular complexity index is 592. The van der Waals surface area contributed by atoms with E-state index < -0.39 is 0 Å². The van der Waals surface area contributed by atoms with E-state index in [-0.39, 0.29) is 18.4 Å². The molecule has 1 aromatic heterocycles. The number of rotatable bonds is 3. The smallest absolute Gasteiger partial charge is 0.258 e. The van der Waals surface area contributed by atoms with Gasteiger partial charge < -0.3 is 15.4 Å². The monoisotopic (exact) mass is 294 g/mol. The largest absolute Gasteiger partial charge is 0.475 e. The Labute approximate surface area is 124 Å². The minimum atomic E-state index is 0. The summed E-state index contributed by atoms with van der Waals surface area (Å²) in [4.78, 5) is 11.4. The summed E-state index contributed by atoms with van der Waals surface area (Å²) in [5.74, 6) is 1.42. The van der Waals surface area contributed by atoms with Crippen molar-refractivity contribution in [2.45, 2.75) is 19.4 Å². The third-order valence-corrected chi connectivity index (χ3v) is 3.33. The topological polar surface area (TPSA) is 64.3 Å². The standard InChI is InChI=1S/C14H18N4O.ClH/c1-2-19-14-13(18-8-7-10(15)9-18)16-11-5-3-4-6-12(11)17-14;/h3-6,10H,2,7-9,15H2,1H3;1H. The molecular weight excluding hydrogens is 276 g/mol. The predicted molar refractivity (Wildman–Crippen MR) is 82.8 cm³/mol. The van der Waals surface area contributed by atoms with E-state index >= 15 is 0 Å². The lowest BCUT2D eigenvalue weighted by atomic mass is 10.3. The van der Waals surface area contributed by atoms with Crippen LogP contribution in [0.1, 0.15) is 13.3 Å². The van der Waals surface area contributed by atoms with E-state index in [1.807, 2.05) is 31.2 Å². The number of hydrogen-bond donors (Lipinski definition) is 1. The molecule has 1 aromatic carbocycles. The minimum Gasteiger partial charge on any atom is -0.475 e. The summed E-state index contributed by atoms with van der Waals surface area (Å²) in [6, 6.07) is 8.06. The summed E-state index contributed by atoms with van der Waals surface area (Å²) in [7, 11) is 0. The number of hydrogen-bond acceptors (Lipinski definition) is 5. The number of ether oxygens (including phenoxy) is 1. The number of nitrogens with zero attached hydrogens (tertiary/aromatic N) is 3. The van der Waals surface area contributed by atoms with Crippen LogP contribution in [0.15, 0.2) is 24.3 Å². The number of benzene rings is 1. The molecule has 20 heavy (non-hydrogen) atoms. The molecule has 2 heterocycles. The molecule has 1 saturated heterocycles. The zero-order chi connectivity index (χ0) is 13.2. The highest BCUT2D eigenvalue weighted by molar-refractivity contribution is 5.85. The molecule has 0 aliphatic carbocycles. The third kappa shape index (κ3) is 2.78. The molecule has 1 aliphatic rings. The Morgan fingerprint density at radius 2 is 2.00 bits per heavy atom. The van der Waals surface area contributed by atoms with Gasteiger partial charge in [0.05, 0.1) is 17.6 Å². The van der Waals surface area contributed by atoms with Gasteiger partial charge in [0.15, 0.2) is 5.82 Å². The zero-order valence-corrected chi connectivity index (χ0v) is 12.3. The number of fused-ring (bicyclic) bond motifs is 1. The summed E-state index contributed by atoms with van der Waals surface area (Å²) in [6.45, 7) is 4.26. The quantitative estimate of drug-likeness (QED) is 0.938. The number of nitrogens with two attached hydrogens (primary N) is 1. The van der Waals surface area contributed by atoms with Crippen LogP contribution >= 0.6 is 12.4 Å². The highest BCUT2D eigenvalue weighted by Crippen LogP contribution is 2.29. The average Bonchev–Trinajstić information content (AvgIpc) is 2.85. The van der Waals surface area contributed by atoms with Crippen molar-refractivity contribution in [1.82, 2.24) is 9.97 Å². The van der Waals surface area contributed by atoms with Crippen molar-refractivity contribution in [3.63, 3.8) is 0 Å². The summed E-state index contributed by atoms with van der Waals surface area (Å²) < 4.78 is 5.64. The van der Waals surface area contributed by atoms with Gasteiger partial charge in [-0.05, 0) is 25.5 Å². The molecule has 2 aromatic rings. The lowest BCUT2D eigenvalue weighted by Crippen LogP contribution is -2.27. The molecule has 6 heteroatoms. The van der Waals surface area contributed by atoms with Gasteiger partial charge in [0, 0.05) is 19.1 Å². The Kier molecular flexibility index (Phi) is 4.62. The van der Waals surface area contributed by atoms with Gasteiger partial charge in [0.2, 0.25) is 0 Å². The van der Waals surface area contributed by atoms with Crippen LogP contribution in [0.2, 0.25) is 0 Å². The van der Waals surface area contributed by atoms with Gasteiger partial charge in [-0.15, -0.1) is 12.4 Å². The van der Waals surface area contributed by atoms with E-state index in [4.69, 9.17) is 15.5 Å². The summed E-state index contributed by atoms with van der Waals surface area (Å²) in [5.41, 5.74) is 7.72.